The first-order chi connectivity index (χ1) is 13.6. The number of ether oxygens (including phenoxy) is 1. The van der Waals surface area contributed by atoms with E-state index in [4.69, 9.17) is 4.74 Å². The van der Waals surface area contributed by atoms with Gasteiger partial charge in [0.1, 0.15) is 11.5 Å². The number of fused-ring (bicyclic) bond motifs is 8. The van der Waals surface area contributed by atoms with Crippen LogP contribution in [0.15, 0.2) is 48.5 Å². The molecule has 3 aromatic carbocycles. The number of phenolic OH excluding ortho intramolecular Hbond substituents is 1. The van der Waals surface area contributed by atoms with Gasteiger partial charge in [0, 0.05) is 5.39 Å². The molecule has 144 valence electrons. The van der Waals surface area contributed by atoms with Crippen LogP contribution in [0.3, 0.4) is 0 Å². The molecular formula is C26H28O2. The third-order valence-electron chi connectivity index (χ3n) is 7.25. The first-order valence-electron chi connectivity index (χ1n) is 10.6. The highest BCUT2D eigenvalue weighted by Crippen LogP contribution is 2.57. The van der Waals surface area contributed by atoms with Gasteiger partial charge < -0.3 is 9.84 Å². The van der Waals surface area contributed by atoms with Gasteiger partial charge in [-0.1, -0.05) is 56.9 Å². The minimum Gasteiger partial charge on any atom is -0.507 e. The van der Waals surface area contributed by atoms with Crippen LogP contribution >= 0.6 is 0 Å². The third-order valence-corrected chi connectivity index (χ3v) is 7.25. The van der Waals surface area contributed by atoms with Crippen molar-refractivity contribution in [2.24, 2.45) is 0 Å². The van der Waals surface area contributed by atoms with Crippen molar-refractivity contribution < 1.29 is 9.84 Å². The van der Waals surface area contributed by atoms with Crippen molar-refractivity contribution in [3.8, 4) is 22.6 Å². The van der Waals surface area contributed by atoms with E-state index in [1.54, 1.807) is 7.11 Å². The van der Waals surface area contributed by atoms with Gasteiger partial charge in [-0.15, -0.1) is 0 Å². The monoisotopic (exact) mass is 372 g/mol. The van der Waals surface area contributed by atoms with Crippen LogP contribution < -0.4 is 4.74 Å². The van der Waals surface area contributed by atoms with Gasteiger partial charge in [-0.2, -0.15) is 0 Å². The van der Waals surface area contributed by atoms with Crippen LogP contribution in [0.25, 0.3) is 21.9 Å². The van der Waals surface area contributed by atoms with Crippen LogP contribution in [0.4, 0.5) is 0 Å². The molecule has 5 rings (SSSR count). The van der Waals surface area contributed by atoms with Crippen LogP contribution in [0.5, 0.6) is 11.5 Å². The molecule has 2 aliphatic rings. The fourth-order valence-corrected chi connectivity index (χ4v) is 5.82. The summed E-state index contributed by atoms with van der Waals surface area (Å²) >= 11 is 0. The quantitative estimate of drug-likeness (QED) is 0.502. The van der Waals surface area contributed by atoms with Crippen molar-refractivity contribution in [3.05, 3.63) is 59.7 Å². The zero-order valence-electron chi connectivity index (χ0n) is 16.8. The highest BCUT2D eigenvalue weighted by molar-refractivity contribution is 6.04. The number of aromatic hydroxyl groups is 1. The molecule has 2 aliphatic carbocycles. The molecule has 0 aromatic heterocycles. The molecule has 0 spiro atoms. The molecular weight excluding hydrogens is 344 g/mol. The molecule has 2 unspecified atom stereocenters. The van der Waals surface area contributed by atoms with E-state index < -0.39 is 0 Å². The maximum Gasteiger partial charge on any atom is 0.123 e. The normalized spacial score (nSPS) is 23.9. The molecule has 1 N–H and O–H groups in total. The average Bonchev–Trinajstić information content (AvgIpc) is 2.70. The summed E-state index contributed by atoms with van der Waals surface area (Å²) in [4.78, 5) is 0. The Balaban J connectivity index is 1.86. The Morgan fingerprint density at radius 1 is 0.964 bits per heavy atom. The third kappa shape index (κ3) is 2.47. The zero-order valence-corrected chi connectivity index (χ0v) is 16.8. The summed E-state index contributed by atoms with van der Waals surface area (Å²) in [6.07, 6.45) is 7.62. The minimum absolute atomic E-state index is 0.136. The second kappa shape index (κ2) is 6.55. The van der Waals surface area contributed by atoms with Crippen LogP contribution in [-0.2, 0) is 5.41 Å². The second-order valence-electron chi connectivity index (χ2n) is 8.74. The first kappa shape index (κ1) is 17.6. The average molecular weight is 373 g/mol. The maximum absolute atomic E-state index is 10.9. The van der Waals surface area contributed by atoms with Crippen LogP contribution in [0.1, 0.15) is 62.5 Å². The fourth-order valence-electron chi connectivity index (χ4n) is 5.82. The summed E-state index contributed by atoms with van der Waals surface area (Å²) in [5, 5.41) is 12.9. The Morgan fingerprint density at radius 3 is 2.64 bits per heavy atom. The van der Waals surface area contributed by atoms with Crippen molar-refractivity contribution in [2.75, 3.05) is 7.11 Å². The topological polar surface area (TPSA) is 29.5 Å². The molecule has 0 amide bonds. The summed E-state index contributed by atoms with van der Waals surface area (Å²) in [5.41, 5.74) is 5.60. The molecule has 0 aliphatic heterocycles. The molecule has 0 bridgehead atoms. The van der Waals surface area contributed by atoms with Crippen LogP contribution in [0.2, 0.25) is 0 Å². The van der Waals surface area contributed by atoms with Gasteiger partial charge in [0.2, 0.25) is 0 Å². The van der Waals surface area contributed by atoms with E-state index in [1.807, 2.05) is 12.1 Å². The smallest absolute Gasteiger partial charge is 0.123 e. The number of rotatable bonds is 1. The summed E-state index contributed by atoms with van der Waals surface area (Å²) in [5.74, 6) is 1.61. The standard InChI is InChI=1S/C26H28O2/c1-26-14-8-4-3-5-10-23(26)21-16-24(27)20-15-17(28-2)12-13-18(20)25(21)19-9-6-7-11-22(19)26/h6-7,9,11-13,15-16,23,27H,3-5,8,10,14H2,1-2H3. The lowest BCUT2D eigenvalue weighted by Crippen LogP contribution is -2.35. The molecule has 1 saturated carbocycles. The Hall–Kier alpha value is -2.48. The van der Waals surface area contributed by atoms with E-state index >= 15 is 0 Å². The predicted octanol–water partition coefficient (Wildman–Crippen LogP) is 6.93. The van der Waals surface area contributed by atoms with Crippen molar-refractivity contribution in [3.63, 3.8) is 0 Å². The molecule has 1 fully saturated rings. The Kier molecular flexibility index (Phi) is 4.12. The summed E-state index contributed by atoms with van der Waals surface area (Å²) < 4.78 is 5.41. The van der Waals surface area contributed by atoms with Gasteiger partial charge in [0.05, 0.1) is 7.11 Å². The van der Waals surface area contributed by atoms with Gasteiger partial charge in [-0.3, -0.25) is 0 Å². The second-order valence-corrected chi connectivity index (χ2v) is 8.74. The van der Waals surface area contributed by atoms with Gasteiger partial charge in [0.15, 0.2) is 0 Å². The van der Waals surface area contributed by atoms with Crippen molar-refractivity contribution in [1.29, 1.82) is 0 Å². The number of hydrogen-bond acceptors (Lipinski definition) is 2. The zero-order chi connectivity index (χ0) is 19.3. The molecule has 2 heteroatoms. The largest absolute Gasteiger partial charge is 0.507 e. The van der Waals surface area contributed by atoms with Crippen LogP contribution in [-0.4, -0.2) is 12.2 Å². The molecule has 2 atom stereocenters. The van der Waals surface area contributed by atoms with Gasteiger partial charge >= 0.3 is 0 Å². The lowest BCUT2D eigenvalue weighted by Gasteiger charge is -2.46. The molecule has 0 radical (unpaired) electrons. The van der Waals surface area contributed by atoms with Crippen molar-refractivity contribution >= 4 is 10.8 Å². The fraction of sp³-hybridized carbons (Fsp3) is 0.385. The molecule has 28 heavy (non-hydrogen) atoms. The van der Waals surface area contributed by atoms with Gasteiger partial charge in [-0.05, 0) is 76.1 Å². The minimum atomic E-state index is 0.136. The summed E-state index contributed by atoms with van der Waals surface area (Å²) in [6, 6.07) is 17.1. The van der Waals surface area contributed by atoms with Gasteiger partial charge in [-0.25, -0.2) is 0 Å². The number of hydrogen-bond donors (Lipinski definition) is 1. The SMILES string of the molecule is COc1ccc2c3c(cc(O)c2c1)C1CCCCCCC1(C)c1ccccc1-3. The first-order valence-corrected chi connectivity index (χ1v) is 10.6. The maximum atomic E-state index is 10.9. The molecule has 0 heterocycles. The lowest BCUT2D eigenvalue weighted by atomic mass is 9.58. The number of methoxy groups -OCH3 is 1. The van der Waals surface area contributed by atoms with Crippen LogP contribution in [0, 0.1) is 0 Å². The summed E-state index contributed by atoms with van der Waals surface area (Å²) in [7, 11) is 1.67. The van der Waals surface area contributed by atoms with Gasteiger partial charge in [0.25, 0.3) is 0 Å². The highest BCUT2D eigenvalue weighted by atomic mass is 16.5. The lowest BCUT2D eigenvalue weighted by molar-refractivity contribution is 0.290. The Bertz CT molecular complexity index is 1050. The molecule has 3 aromatic rings. The molecule has 0 saturated heterocycles. The van der Waals surface area contributed by atoms with Crippen molar-refractivity contribution in [1.82, 2.24) is 0 Å². The Labute approximate surface area is 167 Å². The van der Waals surface area contributed by atoms with Crippen molar-refractivity contribution in [2.45, 2.75) is 56.8 Å². The Morgan fingerprint density at radius 2 is 1.79 bits per heavy atom. The van der Waals surface area contributed by atoms with E-state index in [1.165, 1.54) is 60.8 Å². The van der Waals surface area contributed by atoms with E-state index in [9.17, 15) is 5.11 Å². The number of benzene rings is 3. The predicted molar refractivity (Wildman–Crippen MR) is 115 cm³/mol. The summed E-state index contributed by atoms with van der Waals surface area (Å²) in [6.45, 7) is 2.46. The number of phenols is 1. The highest BCUT2D eigenvalue weighted by Gasteiger charge is 2.43. The molecule has 2 nitrogen and oxygen atoms in total. The van der Waals surface area contributed by atoms with E-state index in [0.717, 1.165) is 16.5 Å². The van der Waals surface area contributed by atoms with E-state index in [-0.39, 0.29) is 5.41 Å². The van der Waals surface area contributed by atoms with E-state index in [2.05, 4.69) is 43.3 Å². The van der Waals surface area contributed by atoms with E-state index in [0.29, 0.717) is 11.7 Å².